The van der Waals surface area contributed by atoms with Crippen LogP contribution in [0.5, 0.6) is 0 Å². The number of benzene rings is 1. The van der Waals surface area contributed by atoms with Crippen LogP contribution in [-0.2, 0) is 13.1 Å². The Morgan fingerprint density at radius 2 is 2.07 bits per heavy atom. The molecular formula is C20H26N6S. The molecule has 0 atom stereocenters. The van der Waals surface area contributed by atoms with E-state index < -0.39 is 0 Å². The molecule has 3 rings (SSSR count). The van der Waals surface area contributed by atoms with Gasteiger partial charge in [-0.3, -0.25) is 4.99 Å². The summed E-state index contributed by atoms with van der Waals surface area (Å²) in [4.78, 5) is 19.0. The monoisotopic (exact) mass is 382 g/mol. The number of nitrogens with one attached hydrogen (secondary N) is 2. The second-order valence-corrected chi connectivity index (χ2v) is 7.59. The highest BCUT2D eigenvalue weighted by Gasteiger charge is 2.11. The molecule has 0 saturated carbocycles. The summed E-state index contributed by atoms with van der Waals surface area (Å²) in [6.45, 7) is 5.63. The second-order valence-electron chi connectivity index (χ2n) is 6.70. The molecule has 1 aromatic carbocycles. The van der Waals surface area contributed by atoms with Crippen molar-refractivity contribution < 1.29 is 0 Å². The van der Waals surface area contributed by atoms with E-state index in [-0.39, 0.29) is 0 Å². The molecule has 3 aromatic rings. The molecule has 0 saturated heterocycles. The van der Waals surface area contributed by atoms with Crippen molar-refractivity contribution in [3.63, 3.8) is 0 Å². The minimum Gasteiger partial charge on any atom is -0.351 e. The highest BCUT2D eigenvalue weighted by Crippen LogP contribution is 2.19. The highest BCUT2D eigenvalue weighted by molar-refractivity contribution is 7.09. The zero-order valence-corrected chi connectivity index (χ0v) is 17.0. The van der Waals surface area contributed by atoms with Crippen LogP contribution in [0.25, 0.3) is 11.3 Å². The van der Waals surface area contributed by atoms with Crippen molar-refractivity contribution in [2.75, 3.05) is 14.1 Å². The maximum atomic E-state index is 4.66. The van der Waals surface area contributed by atoms with Crippen LogP contribution < -0.4 is 5.32 Å². The molecule has 0 aliphatic heterocycles. The topological polar surface area (TPSA) is 69.2 Å². The Morgan fingerprint density at radius 1 is 1.30 bits per heavy atom. The summed E-state index contributed by atoms with van der Waals surface area (Å²) in [5.74, 6) is 2.17. The van der Waals surface area contributed by atoms with E-state index in [9.17, 15) is 0 Å². The lowest BCUT2D eigenvalue weighted by Gasteiger charge is -2.20. The maximum absolute atomic E-state index is 4.66. The van der Waals surface area contributed by atoms with E-state index in [2.05, 4.69) is 56.6 Å². The Hall–Kier alpha value is -2.67. The fraction of sp³-hybridized carbons (Fsp3) is 0.350. The number of thiazole rings is 1. The Bertz CT molecular complexity index is 881. The van der Waals surface area contributed by atoms with Crippen molar-refractivity contribution in [3.05, 3.63) is 58.4 Å². The Kier molecular flexibility index (Phi) is 6.24. The van der Waals surface area contributed by atoms with Gasteiger partial charge in [-0.1, -0.05) is 44.2 Å². The van der Waals surface area contributed by atoms with Crippen LogP contribution in [0.3, 0.4) is 0 Å². The molecule has 2 heterocycles. The van der Waals surface area contributed by atoms with Crippen molar-refractivity contribution >= 4 is 17.3 Å². The van der Waals surface area contributed by atoms with E-state index in [0.29, 0.717) is 19.0 Å². The van der Waals surface area contributed by atoms with Gasteiger partial charge in [0, 0.05) is 25.4 Å². The normalized spacial score (nSPS) is 11.8. The van der Waals surface area contributed by atoms with E-state index in [0.717, 1.165) is 28.7 Å². The first-order valence-corrected chi connectivity index (χ1v) is 9.90. The second kappa shape index (κ2) is 8.81. The number of aliphatic imine (C=N–C) groups is 1. The van der Waals surface area contributed by atoms with Gasteiger partial charge in [-0.15, -0.1) is 11.3 Å². The van der Waals surface area contributed by atoms with Crippen molar-refractivity contribution in [3.8, 4) is 11.3 Å². The van der Waals surface area contributed by atoms with Crippen LogP contribution in [-0.4, -0.2) is 39.9 Å². The molecule has 7 heteroatoms. The first kappa shape index (κ1) is 19.1. The standard InChI is InChI=1S/C20H26N6S/c1-14(2)19-24-16(13-27-19)10-23-20(21-3)26(4)12-18-22-11-17(25-18)15-8-6-5-7-9-15/h5-9,11,13-14H,10,12H2,1-4H3,(H,21,23)(H,22,25). The first-order chi connectivity index (χ1) is 13.1. The summed E-state index contributed by atoms with van der Waals surface area (Å²) in [5.41, 5.74) is 3.19. The third-order valence-corrected chi connectivity index (χ3v) is 5.36. The van der Waals surface area contributed by atoms with Gasteiger partial charge in [0.15, 0.2) is 5.96 Å². The van der Waals surface area contributed by atoms with Crippen molar-refractivity contribution in [2.24, 2.45) is 4.99 Å². The molecule has 0 bridgehead atoms. The van der Waals surface area contributed by atoms with E-state index in [1.165, 1.54) is 5.01 Å². The summed E-state index contributed by atoms with van der Waals surface area (Å²) in [6, 6.07) is 10.2. The average molecular weight is 383 g/mol. The number of hydrogen-bond donors (Lipinski definition) is 2. The molecule has 0 spiro atoms. The Labute approximate surface area is 164 Å². The predicted octanol–water partition coefficient (Wildman–Crippen LogP) is 3.86. The van der Waals surface area contributed by atoms with Gasteiger partial charge in [-0.2, -0.15) is 0 Å². The maximum Gasteiger partial charge on any atom is 0.194 e. The molecule has 2 N–H and O–H groups in total. The predicted molar refractivity (Wildman–Crippen MR) is 112 cm³/mol. The van der Waals surface area contributed by atoms with Gasteiger partial charge in [-0.25, -0.2) is 9.97 Å². The van der Waals surface area contributed by atoms with Crippen LogP contribution in [0, 0.1) is 0 Å². The number of rotatable bonds is 6. The minimum atomic E-state index is 0.462. The molecule has 0 amide bonds. The molecule has 0 aliphatic rings. The molecule has 0 radical (unpaired) electrons. The number of guanidine groups is 1. The zero-order chi connectivity index (χ0) is 19.2. The van der Waals surface area contributed by atoms with Crippen LogP contribution in [0.1, 0.15) is 36.3 Å². The largest absolute Gasteiger partial charge is 0.351 e. The van der Waals surface area contributed by atoms with Gasteiger partial charge in [0.05, 0.1) is 35.7 Å². The van der Waals surface area contributed by atoms with Gasteiger partial charge < -0.3 is 15.2 Å². The fourth-order valence-electron chi connectivity index (χ4n) is 2.73. The average Bonchev–Trinajstić information content (AvgIpc) is 3.33. The summed E-state index contributed by atoms with van der Waals surface area (Å²) < 4.78 is 0. The lowest BCUT2D eigenvalue weighted by Crippen LogP contribution is -2.38. The summed E-state index contributed by atoms with van der Waals surface area (Å²) >= 11 is 1.71. The van der Waals surface area contributed by atoms with Gasteiger partial charge in [0.25, 0.3) is 0 Å². The molecule has 0 aliphatic carbocycles. The Morgan fingerprint density at radius 3 is 2.74 bits per heavy atom. The van der Waals surface area contributed by atoms with E-state index in [1.54, 1.807) is 18.4 Å². The molecule has 0 fully saturated rings. The van der Waals surface area contributed by atoms with Crippen LogP contribution in [0.2, 0.25) is 0 Å². The van der Waals surface area contributed by atoms with Crippen LogP contribution in [0.4, 0.5) is 0 Å². The highest BCUT2D eigenvalue weighted by atomic mass is 32.1. The number of aromatic amines is 1. The summed E-state index contributed by atoms with van der Waals surface area (Å²) in [5, 5.41) is 6.65. The molecular weight excluding hydrogens is 356 g/mol. The van der Waals surface area contributed by atoms with E-state index in [1.807, 2.05) is 36.3 Å². The summed E-state index contributed by atoms with van der Waals surface area (Å²) in [6.07, 6.45) is 1.87. The quantitative estimate of drug-likeness (QED) is 0.502. The van der Waals surface area contributed by atoms with E-state index in [4.69, 9.17) is 0 Å². The van der Waals surface area contributed by atoms with Crippen molar-refractivity contribution in [1.29, 1.82) is 0 Å². The molecule has 142 valence electrons. The molecule has 27 heavy (non-hydrogen) atoms. The van der Waals surface area contributed by atoms with Gasteiger partial charge in [-0.05, 0) is 5.56 Å². The number of H-pyrrole nitrogens is 1. The number of nitrogens with zero attached hydrogens (tertiary/aromatic N) is 4. The fourth-order valence-corrected chi connectivity index (χ4v) is 3.57. The Balaban J connectivity index is 1.58. The number of hydrogen-bond acceptors (Lipinski definition) is 4. The number of aromatic nitrogens is 3. The molecule has 6 nitrogen and oxygen atoms in total. The lowest BCUT2D eigenvalue weighted by molar-refractivity contribution is 0.463. The van der Waals surface area contributed by atoms with E-state index >= 15 is 0 Å². The third-order valence-electron chi connectivity index (χ3n) is 4.16. The molecule has 0 unspecified atom stereocenters. The molecule has 2 aromatic heterocycles. The van der Waals surface area contributed by atoms with Crippen molar-refractivity contribution in [2.45, 2.75) is 32.9 Å². The van der Waals surface area contributed by atoms with Gasteiger partial charge in [0.1, 0.15) is 5.82 Å². The van der Waals surface area contributed by atoms with Gasteiger partial charge in [0.2, 0.25) is 0 Å². The van der Waals surface area contributed by atoms with Gasteiger partial charge >= 0.3 is 0 Å². The zero-order valence-electron chi connectivity index (χ0n) is 16.2. The first-order valence-electron chi connectivity index (χ1n) is 9.02. The SMILES string of the molecule is CN=C(NCc1csc(C(C)C)n1)N(C)Cc1ncc(-c2ccccc2)[nH]1. The van der Waals surface area contributed by atoms with Crippen LogP contribution in [0.15, 0.2) is 46.9 Å². The smallest absolute Gasteiger partial charge is 0.194 e. The summed E-state index contributed by atoms with van der Waals surface area (Å²) in [7, 11) is 3.79. The minimum absolute atomic E-state index is 0.462. The van der Waals surface area contributed by atoms with Crippen LogP contribution >= 0.6 is 11.3 Å². The number of imidazole rings is 1. The lowest BCUT2D eigenvalue weighted by atomic mass is 10.2. The third kappa shape index (κ3) is 4.95. The van der Waals surface area contributed by atoms with Crippen molar-refractivity contribution in [1.82, 2.24) is 25.2 Å².